The molecule has 4 aromatic rings. The van der Waals surface area contributed by atoms with Gasteiger partial charge in [-0.05, 0) is 51.0 Å². The third-order valence-electron chi connectivity index (χ3n) is 3.64. The van der Waals surface area contributed by atoms with Crippen LogP contribution in [-0.4, -0.2) is 30.0 Å². The minimum absolute atomic E-state index is 0.517. The summed E-state index contributed by atoms with van der Waals surface area (Å²) in [5, 5.41) is 17.8. The average Bonchev–Trinajstić information content (AvgIpc) is 3.23. The van der Waals surface area contributed by atoms with Crippen molar-refractivity contribution in [3.63, 3.8) is 0 Å². The molecule has 2 aromatic heterocycles. The fourth-order valence-corrected chi connectivity index (χ4v) is 3.11. The van der Waals surface area contributed by atoms with Crippen LogP contribution in [0.15, 0.2) is 65.4 Å². The Bertz CT molecular complexity index is 994. The number of tetrazole rings is 1. The van der Waals surface area contributed by atoms with E-state index in [9.17, 15) is 0 Å². The van der Waals surface area contributed by atoms with E-state index in [0.717, 1.165) is 21.4 Å². The molecule has 8 heteroatoms. The van der Waals surface area contributed by atoms with E-state index in [1.807, 2.05) is 54.6 Å². The van der Waals surface area contributed by atoms with Crippen LogP contribution in [0.4, 0.5) is 0 Å². The Labute approximate surface area is 157 Å². The molecular formula is C17H12BrClN6. The first-order valence-corrected chi connectivity index (χ1v) is 8.69. The highest BCUT2D eigenvalue weighted by molar-refractivity contribution is 9.10. The monoisotopic (exact) mass is 414 g/mol. The van der Waals surface area contributed by atoms with Crippen LogP contribution in [0.5, 0.6) is 0 Å². The summed E-state index contributed by atoms with van der Waals surface area (Å²) in [6, 6.07) is 17.4. The molecular weight excluding hydrogens is 404 g/mol. The number of hydrogen-bond donors (Lipinski definition) is 0. The molecule has 0 fully saturated rings. The largest absolute Gasteiger partial charge is 0.226 e. The zero-order valence-electron chi connectivity index (χ0n) is 12.9. The Kier molecular flexibility index (Phi) is 4.33. The fraction of sp³-hybridized carbons (Fsp3) is 0.0588. The van der Waals surface area contributed by atoms with E-state index in [4.69, 9.17) is 11.6 Å². The molecule has 124 valence electrons. The van der Waals surface area contributed by atoms with Crippen molar-refractivity contribution in [2.75, 3.05) is 0 Å². The standard InChI is InChI=1S/C17H12BrClN6/c18-16-15(10-20-25(16)14-8-6-13(19)7-9-14)17-21-23-24(22-17)11-12-4-2-1-3-5-12/h1-10H,11H2. The van der Waals surface area contributed by atoms with Crippen LogP contribution in [-0.2, 0) is 6.54 Å². The summed E-state index contributed by atoms with van der Waals surface area (Å²) in [5.41, 5.74) is 2.77. The molecule has 0 saturated carbocycles. The number of nitrogens with zero attached hydrogens (tertiary/aromatic N) is 6. The van der Waals surface area contributed by atoms with Gasteiger partial charge in [0.25, 0.3) is 0 Å². The van der Waals surface area contributed by atoms with Crippen LogP contribution in [0.3, 0.4) is 0 Å². The summed E-state index contributed by atoms with van der Waals surface area (Å²) in [4.78, 5) is 1.57. The molecule has 0 unspecified atom stereocenters. The van der Waals surface area contributed by atoms with E-state index in [1.165, 1.54) is 0 Å². The molecule has 0 amide bonds. The minimum atomic E-state index is 0.517. The zero-order chi connectivity index (χ0) is 17.2. The van der Waals surface area contributed by atoms with Gasteiger partial charge in [-0.1, -0.05) is 41.9 Å². The van der Waals surface area contributed by atoms with Crippen molar-refractivity contribution in [3.05, 3.63) is 76.0 Å². The fourth-order valence-electron chi connectivity index (χ4n) is 2.41. The summed E-state index contributed by atoms with van der Waals surface area (Å²) < 4.78 is 2.51. The highest BCUT2D eigenvalue weighted by Crippen LogP contribution is 2.27. The van der Waals surface area contributed by atoms with E-state index in [-0.39, 0.29) is 0 Å². The number of rotatable bonds is 4. The molecule has 0 bridgehead atoms. The van der Waals surface area contributed by atoms with Crippen molar-refractivity contribution in [2.45, 2.75) is 6.54 Å². The first-order chi connectivity index (χ1) is 12.2. The molecule has 0 aliphatic carbocycles. The highest BCUT2D eigenvalue weighted by Gasteiger charge is 2.16. The summed E-state index contributed by atoms with van der Waals surface area (Å²) in [6.07, 6.45) is 1.71. The van der Waals surface area contributed by atoms with E-state index < -0.39 is 0 Å². The van der Waals surface area contributed by atoms with Gasteiger partial charge in [0, 0.05) is 5.02 Å². The molecule has 0 N–H and O–H groups in total. The van der Waals surface area contributed by atoms with E-state index in [1.54, 1.807) is 15.7 Å². The Morgan fingerprint density at radius 1 is 1.00 bits per heavy atom. The first-order valence-electron chi connectivity index (χ1n) is 7.52. The van der Waals surface area contributed by atoms with Crippen molar-refractivity contribution in [1.82, 2.24) is 30.0 Å². The summed E-state index contributed by atoms with van der Waals surface area (Å²) in [6.45, 7) is 0.566. The van der Waals surface area contributed by atoms with Crippen molar-refractivity contribution in [1.29, 1.82) is 0 Å². The van der Waals surface area contributed by atoms with Crippen molar-refractivity contribution < 1.29 is 0 Å². The van der Waals surface area contributed by atoms with Gasteiger partial charge in [0.2, 0.25) is 5.82 Å². The average molecular weight is 416 g/mol. The van der Waals surface area contributed by atoms with Crippen LogP contribution in [0.1, 0.15) is 5.56 Å². The van der Waals surface area contributed by atoms with E-state index >= 15 is 0 Å². The molecule has 25 heavy (non-hydrogen) atoms. The van der Waals surface area contributed by atoms with Gasteiger partial charge < -0.3 is 0 Å². The van der Waals surface area contributed by atoms with Crippen molar-refractivity contribution in [3.8, 4) is 17.1 Å². The Morgan fingerprint density at radius 2 is 1.76 bits per heavy atom. The Morgan fingerprint density at radius 3 is 2.52 bits per heavy atom. The topological polar surface area (TPSA) is 61.4 Å². The number of hydrogen-bond acceptors (Lipinski definition) is 4. The summed E-state index contributed by atoms with van der Waals surface area (Å²) in [7, 11) is 0. The normalized spacial score (nSPS) is 11.0. The smallest absolute Gasteiger partial charge is 0.209 e. The molecule has 0 atom stereocenters. The van der Waals surface area contributed by atoms with Crippen LogP contribution in [0.2, 0.25) is 5.02 Å². The molecule has 0 saturated heterocycles. The number of benzene rings is 2. The van der Waals surface area contributed by atoms with Crippen LogP contribution >= 0.6 is 27.5 Å². The Balaban J connectivity index is 1.62. The van der Waals surface area contributed by atoms with Gasteiger partial charge in [-0.15, -0.1) is 10.2 Å². The number of aromatic nitrogens is 6. The van der Waals surface area contributed by atoms with Crippen LogP contribution < -0.4 is 0 Å². The molecule has 0 spiro atoms. The van der Waals surface area contributed by atoms with Gasteiger partial charge in [-0.3, -0.25) is 0 Å². The summed E-state index contributed by atoms with van der Waals surface area (Å²) >= 11 is 9.51. The van der Waals surface area contributed by atoms with Gasteiger partial charge in [0.1, 0.15) is 4.60 Å². The molecule has 2 heterocycles. The van der Waals surface area contributed by atoms with Gasteiger partial charge in [-0.2, -0.15) is 9.90 Å². The lowest BCUT2D eigenvalue weighted by atomic mass is 10.2. The maximum Gasteiger partial charge on any atom is 0.209 e. The van der Waals surface area contributed by atoms with Crippen LogP contribution in [0, 0.1) is 0 Å². The van der Waals surface area contributed by atoms with Crippen LogP contribution in [0.25, 0.3) is 17.1 Å². The SMILES string of the molecule is Clc1ccc(-n2ncc(-c3nnn(Cc4ccccc4)n3)c2Br)cc1. The maximum atomic E-state index is 5.94. The third kappa shape index (κ3) is 3.33. The predicted molar refractivity (Wildman–Crippen MR) is 98.6 cm³/mol. The minimum Gasteiger partial charge on any atom is -0.226 e. The quantitative estimate of drug-likeness (QED) is 0.506. The predicted octanol–water partition coefficient (Wildman–Crippen LogP) is 3.99. The lowest BCUT2D eigenvalue weighted by Gasteiger charge is -2.03. The molecule has 0 aliphatic heterocycles. The summed E-state index contributed by atoms with van der Waals surface area (Å²) in [5.74, 6) is 0.517. The molecule has 2 aromatic carbocycles. The second-order valence-corrected chi connectivity index (χ2v) is 6.55. The lowest BCUT2D eigenvalue weighted by molar-refractivity contribution is 0.573. The Hall–Kier alpha value is -2.51. The maximum absolute atomic E-state index is 5.94. The van der Waals surface area contributed by atoms with E-state index in [0.29, 0.717) is 17.4 Å². The lowest BCUT2D eigenvalue weighted by Crippen LogP contribution is -2.03. The molecule has 4 rings (SSSR count). The van der Waals surface area contributed by atoms with Crippen molar-refractivity contribution >= 4 is 27.5 Å². The third-order valence-corrected chi connectivity index (χ3v) is 4.66. The highest BCUT2D eigenvalue weighted by atomic mass is 79.9. The van der Waals surface area contributed by atoms with Gasteiger partial charge in [-0.25, -0.2) is 4.68 Å². The van der Waals surface area contributed by atoms with Crippen molar-refractivity contribution in [2.24, 2.45) is 0 Å². The first kappa shape index (κ1) is 16.0. The molecule has 6 nitrogen and oxygen atoms in total. The zero-order valence-corrected chi connectivity index (χ0v) is 15.3. The second kappa shape index (κ2) is 6.78. The molecule has 0 aliphatic rings. The van der Waals surface area contributed by atoms with Gasteiger partial charge in [0.15, 0.2) is 0 Å². The van der Waals surface area contributed by atoms with E-state index in [2.05, 4.69) is 36.4 Å². The second-order valence-electron chi connectivity index (χ2n) is 5.37. The number of halogens is 2. The molecule has 0 radical (unpaired) electrons. The van der Waals surface area contributed by atoms with Gasteiger partial charge >= 0.3 is 0 Å². The van der Waals surface area contributed by atoms with Gasteiger partial charge in [0.05, 0.1) is 24.0 Å².